The number of allylic oxidation sites excluding steroid dienone is 1. The monoisotopic (exact) mass is 463 g/mol. The fraction of sp³-hybridized carbons (Fsp3) is 0.793. The fourth-order valence-electron chi connectivity index (χ4n) is 2.81. The summed E-state index contributed by atoms with van der Waals surface area (Å²) in [6.45, 7) is 25.8. The van der Waals surface area contributed by atoms with Crippen molar-refractivity contribution >= 4 is 6.08 Å². The Morgan fingerprint density at radius 3 is 2.06 bits per heavy atom. The molecule has 0 bridgehead atoms. The number of rotatable bonds is 4. The maximum absolute atomic E-state index is 9.45. The van der Waals surface area contributed by atoms with E-state index in [1.807, 2.05) is 27.0 Å². The van der Waals surface area contributed by atoms with Crippen molar-refractivity contribution in [2.75, 3.05) is 6.61 Å². The Bertz CT molecular complexity index is 627. The first-order valence-corrected chi connectivity index (χ1v) is 13.3. The van der Waals surface area contributed by atoms with Gasteiger partial charge in [-0.1, -0.05) is 100 Å². The van der Waals surface area contributed by atoms with Gasteiger partial charge in [-0.2, -0.15) is 0 Å². The molecular formula is C29H57N3O. The summed E-state index contributed by atoms with van der Waals surface area (Å²) in [4.78, 5) is 9.44. The second-order valence-corrected chi connectivity index (χ2v) is 10.5. The highest BCUT2D eigenvalue weighted by Crippen LogP contribution is 2.27. The molecule has 2 rings (SSSR count). The Morgan fingerprint density at radius 1 is 1.12 bits per heavy atom. The molecule has 2 heterocycles. The molecule has 0 aliphatic carbocycles. The third-order valence-corrected chi connectivity index (χ3v) is 5.35. The van der Waals surface area contributed by atoms with Crippen molar-refractivity contribution in [1.29, 1.82) is 0 Å². The molecule has 4 heteroatoms. The normalized spacial score (nSPS) is 18.7. The van der Waals surface area contributed by atoms with Gasteiger partial charge in [0.2, 0.25) is 0 Å². The van der Waals surface area contributed by atoms with E-state index in [4.69, 9.17) is 4.98 Å². The third kappa shape index (κ3) is 16.1. The lowest BCUT2D eigenvalue weighted by atomic mass is 9.87. The number of aliphatic hydroxyl groups is 1. The van der Waals surface area contributed by atoms with Crippen LogP contribution in [0.4, 0.5) is 0 Å². The van der Waals surface area contributed by atoms with Crippen LogP contribution in [0.5, 0.6) is 0 Å². The zero-order valence-electron chi connectivity index (χ0n) is 24.2. The summed E-state index contributed by atoms with van der Waals surface area (Å²) in [6.07, 6.45) is 11.1. The van der Waals surface area contributed by atoms with Crippen molar-refractivity contribution < 1.29 is 5.11 Å². The van der Waals surface area contributed by atoms with E-state index in [2.05, 4.69) is 78.7 Å². The van der Waals surface area contributed by atoms with Crippen LogP contribution in [0.25, 0.3) is 6.08 Å². The lowest BCUT2D eigenvalue weighted by molar-refractivity contribution is 0.229. The van der Waals surface area contributed by atoms with Crippen molar-refractivity contribution in [2.45, 2.75) is 134 Å². The van der Waals surface area contributed by atoms with Gasteiger partial charge in [-0.25, -0.2) is 0 Å². The van der Waals surface area contributed by atoms with Crippen molar-refractivity contribution in [2.24, 2.45) is 11.3 Å². The smallest absolute Gasteiger partial charge is 0.0842 e. The summed E-state index contributed by atoms with van der Waals surface area (Å²) in [5, 5.41) is 13.0. The van der Waals surface area contributed by atoms with E-state index in [0.717, 1.165) is 42.3 Å². The largest absolute Gasteiger partial charge is 0.395 e. The van der Waals surface area contributed by atoms with E-state index in [0.29, 0.717) is 0 Å². The Hall–Kier alpha value is -1.26. The molecule has 0 spiro atoms. The first kappa shape index (κ1) is 33.9. The van der Waals surface area contributed by atoms with Crippen LogP contribution in [0.15, 0.2) is 11.8 Å². The van der Waals surface area contributed by atoms with Crippen LogP contribution >= 0.6 is 0 Å². The predicted octanol–water partition coefficient (Wildman–Crippen LogP) is 8.29. The number of hydrogen-bond donors (Lipinski definition) is 2. The first-order valence-electron chi connectivity index (χ1n) is 13.3. The fourth-order valence-corrected chi connectivity index (χ4v) is 2.81. The van der Waals surface area contributed by atoms with Gasteiger partial charge >= 0.3 is 0 Å². The molecule has 0 aromatic carbocycles. The first-order chi connectivity index (χ1) is 15.5. The maximum atomic E-state index is 9.45. The standard InChI is InChI=1S/C19H31N3O.2C4H10.C2H6/c1-13(19(3,4)5)10-17-14(2)21-18(11-20-17)16-9-7-6-8-15(12-23)22-16;1-4(2)3;1-3-4-2;1-2/h10-11,15-16,22-23H,6-9,12H2,1-5H3;4H,1-3H3;3-4H2,1-2H3;1-2H3/b13-10+;;;. The van der Waals surface area contributed by atoms with Gasteiger partial charge < -0.3 is 10.4 Å². The molecule has 0 radical (unpaired) electrons. The van der Waals surface area contributed by atoms with Crippen LogP contribution in [0, 0.1) is 18.3 Å². The Kier molecular flexibility index (Phi) is 19.6. The van der Waals surface area contributed by atoms with Gasteiger partial charge in [0.1, 0.15) is 0 Å². The second kappa shape index (κ2) is 19.1. The third-order valence-electron chi connectivity index (χ3n) is 5.35. The number of nitrogens with zero attached hydrogens (tertiary/aromatic N) is 2. The van der Waals surface area contributed by atoms with Gasteiger partial charge in [-0.05, 0) is 44.1 Å². The average Bonchev–Trinajstić information content (AvgIpc) is 3.01. The summed E-state index contributed by atoms with van der Waals surface area (Å²) in [5.74, 6) is 0.833. The summed E-state index contributed by atoms with van der Waals surface area (Å²) in [6, 6.07) is 0.370. The van der Waals surface area contributed by atoms with Gasteiger partial charge in [0.25, 0.3) is 0 Å². The minimum atomic E-state index is 0.143. The van der Waals surface area contributed by atoms with Crippen LogP contribution in [-0.4, -0.2) is 27.7 Å². The number of aromatic nitrogens is 2. The summed E-state index contributed by atoms with van der Waals surface area (Å²) < 4.78 is 0. The van der Waals surface area contributed by atoms with E-state index in [9.17, 15) is 5.11 Å². The summed E-state index contributed by atoms with van der Waals surface area (Å²) in [5.41, 5.74) is 4.36. The minimum Gasteiger partial charge on any atom is -0.395 e. The van der Waals surface area contributed by atoms with E-state index in [1.165, 1.54) is 24.8 Å². The predicted molar refractivity (Wildman–Crippen MR) is 148 cm³/mol. The Balaban J connectivity index is 0. The average molecular weight is 464 g/mol. The number of nitrogens with one attached hydrogen (secondary N) is 1. The summed E-state index contributed by atoms with van der Waals surface area (Å²) >= 11 is 0. The molecule has 1 aromatic heterocycles. The minimum absolute atomic E-state index is 0.143. The zero-order chi connectivity index (χ0) is 26.0. The molecule has 2 unspecified atom stereocenters. The molecule has 33 heavy (non-hydrogen) atoms. The van der Waals surface area contributed by atoms with E-state index in [-0.39, 0.29) is 24.1 Å². The molecule has 1 fully saturated rings. The van der Waals surface area contributed by atoms with Crippen LogP contribution in [0.3, 0.4) is 0 Å². The SMILES string of the molecule is C/C(=C\c1ncc(C2CCCCC(CO)N2)nc1C)C(C)(C)C.CC.CC(C)C.CCCC. The summed E-state index contributed by atoms with van der Waals surface area (Å²) in [7, 11) is 0. The maximum Gasteiger partial charge on any atom is 0.0842 e. The topological polar surface area (TPSA) is 58.0 Å². The molecule has 1 aliphatic rings. The van der Waals surface area contributed by atoms with Crippen molar-refractivity contribution in [3.8, 4) is 0 Å². The quantitative estimate of drug-likeness (QED) is 0.471. The van der Waals surface area contributed by atoms with Gasteiger partial charge in [0.15, 0.2) is 0 Å². The van der Waals surface area contributed by atoms with Crippen LogP contribution < -0.4 is 5.32 Å². The molecule has 1 aromatic rings. The molecular weight excluding hydrogens is 406 g/mol. The molecule has 1 aliphatic heterocycles. The van der Waals surface area contributed by atoms with E-state index >= 15 is 0 Å². The highest BCUT2D eigenvalue weighted by molar-refractivity contribution is 5.51. The molecule has 1 saturated heterocycles. The molecule has 0 saturated carbocycles. The zero-order valence-corrected chi connectivity index (χ0v) is 24.2. The number of aliphatic hydroxyl groups excluding tert-OH is 1. The van der Waals surface area contributed by atoms with Gasteiger partial charge in [0, 0.05) is 6.04 Å². The lowest BCUT2D eigenvalue weighted by Gasteiger charge is -2.21. The molecule has 0 amide bonds. The molecule has 2 atom stereocenters. The van der Waals surface area contributed by atoms with Gasteiger partial charge in [-0.15, -0.1) is 0 Å². The highest BCUT2D eigenvalue weighted by atomic mass is 16.3. The van der Waals surface area contributed by atoms with Crippen LogP contribution in [-0.2, 0) is 0 Å². The lowest BCUT2D eigenvalue weighted by Crippen LogP contribution is -2.34. The van der Waals surface area contributed by atoms with Gasteiger partial charge in [-0.3, -0.25) is 9.97 Å². The highest BCUT2D eigenvalue weighted by Gasteiger charge is 2.22. The molecule has 194 valence electrons. The van der Waals surface area contributed by atoms with E-state index < -0.39 is 0 Å². The number of hydrogen-bond acceptors (Lipinski definition) is 4. The van der Waals surface area contributed by atoms with E-state index in [1.54, 1.807) is 0 Å². The Morgan fingerprint density at radius 2 is 1.64 bits per heavy atom. The van der Waals surface area contributed by atoms with Crippen LogP contribution in [0.2, 0.25) is 0 Å². The van der Waals surface area contributed by atoms with Crippen molar-refractivity contribution in [3.63, 3.8) is 0 Å². The Labute approximate surface area is 207 Å². The van der Waals surface area contributed by atoms with Gasteiger partial charge in [0.05, 0.1) is 35.9 Å². The molecule has 2 N–H and O–H groups in total. The van der Waals surface area contributed by atoms with Crippen molar-refractivity contribution in [3.05, 3.63) is 28.9 Å². The second-order valence-electron chi connectivity index (χ2n) is 10.5. The number of unbranched alkanes of at least 4 members (excludes halogenated alkanes) is 1. The van der Waals surface area contributed by atoms with Crippen molar-refractivity contribution in [1.82, 2.24) is 15.3 Å². The van der Waals surface area contributed by atoms with Crippen LogP contribution in [0.1, 0.15) is 138 Å². The molecule has 4 nitrogen and oxygen atoms in total. The number of aryl methyl sites for hydroxylation is 1.